The zero-order chi connectivity index (χ0) is 24.6. The molecule has 0 amide bonds. The number of pyridine rings is 1. The molecule has 4 fully saturated rings. The first-order valence-corrected chi connectivity index (χ1v) is 11.8. The minimum absolute atomic E-state index is 0.0236. The van der Waals surface area contributed by atoms with Crippen molar-refractivity contribution in [2.75, 3.05) is 18.0 Å². The number of nitrogens with zero attached hydrogens (tertiary/aromatic N) is 6. The Balaban J connectivity index is 1.43. The molecule has 1 saturated heterocycles. The Bertz CT molecular complexity index is 1230. The Kier molecular flexibility index (Phi) is 5.03. The first-order chi connectivity index (χ1) is 15.9. The topological polar surface area (TPSA) is 78.0 Å². The van der Waals surface area contributed by atoms with Crippen LogP contribution in [0.2, 0.25) is 0 Å². The van der Waals surface area contributed by atoms with Crippen molar-refractivity contribution in [3.05, 3.63) is 28.3 Å². The smallest absolute Gasteiger partial charge is 0.349 e. The van der Waals surface area contributed by atoms with E-state index in [1.807, 2.05) is 13.0 Å². The standard InChI is InChI=1S/C24H29F3N6O/c1-5-18(22-11-23(12-22,13-22)24(25,26)27)32-9-15(3)33(10-14(32)2)20-19-17(31(4)21(34)30-20)7-6-16(8-28)29-19/h6-7,14-15,18H,5,9-13H2,1-4H3/t14-,15+,18?,22?,23?/m1/s1. The zero-order valence-corrected chi connectivity index (χ0v) is 19.9. The van der Waals surface area contributed by atoms with Gasteiger partial charge in [-0.25, -0.2) is 9.78 Å². The van der Waals surface area contributed by atoms with Crippen LogP contribution in [0.1, 0.15) is 52.1 Å². The molecule has 3 heterocycles. The van der Waals surface area contributed by atoms with E-state index in [1.54, 1.807) is 19.2 Å². The Morgan fingerprint density at radius 3 is 2.44 bits per heavy atom. The summed E-state index contributed by atoms with van der Waals surface area (Å²) in [5.41, 5.74) is -0.719. The number of aromatic nitrogens is 3. The van der Waals surface area contributed by atoms with Crippen LogP contribution < -0.4 is 10.6 Å². The van der Waals surface area contributed by atoms with Crippen LogP contribution >= 0.6 is 0 Å². The van der Waals surface area contributed by atoms with Gasteiger partial charge in [0.25, 0.3) is 0 Å². The SMILES string of the molecule is CCC(N1C[C@H](C)N(c2nc(=O)n(C)c3ccc(C#N)nc23)C[C@H]1C)C12CC(C(F)(F)F)(C1)C2. The first kappa shape index (κ1) is 23.1. The van der Waals surface area contributed by atoms with Gasteiger partial charge in [-0.2, -0.15) is 23.4 Å². The average molecular weight is 475 g/mol. The van der Waals surface area contributed by atoms with Gasteiger partial charge in [-0.05, 0) is 57.1 Å². The minimum atomic E-state index is -4.11. The van der Waals surface area contributed by atoms with Crippen LogP contribution in [0, 0.1) is 22.2 Å². The lowest BCUT2D eigenvalue weighted by molar-refractivity contribution is -0.376. The summed E-state index contributed by atoms with van der Waals surface area (Å²) >= 11 is 0. The van der Waals surface area contributed by atoms with Gasteiger partial charge < -0.3 is 4.90 Å². The predicted octanol–water partition coefficient (Wildman–Crippen LogP) is 3.61. The Morgan fingerprint density at radius 2 is 1.85 bits per heavy atom. The van der Waals surface area contributed by atoms with Gasteiger partial charge in [0, 0.05) is 38.3 Å². The fraction of sp³-hybridized carbons (Fsp3) is 0.667. The van der Waals surface area contributed by atoms with E-state index in [0.717, 1.165) is 6.42 Å². The number of fused-ring (bicyclic) bond motifs is 1. The molecule has 0 spiro atoms. The van der Waals surface area contributed by atoms with Gasteiger partial charge in [0.05, 0.1) is 10.9 Å². The van der Waals surface area contributed by atoms with E-state index in [9.17, 15) is 23.2 Å². The summed E-state index contributed by atoms with van der Waals surface area (Å²) in [4.78, 5) is 25.8. The normalized spacial score (nSPS) is 32.1. The van der Waals surface area contributed by atoms with Crippen molar-refractivity contribution in [2.45, 2.75) is 70.8 Å². The minimum Gasteiger partial charge on any atom is -0.349 e. The van der Waals surface area contributed by atoms with E-state index in [0.29, 0.717) is 29.9 Å². The summed E-state index contributed by atoms with van der Waals surface area (Å²) in [5, 5.41) is 9.32. The maximum Gasteiger partial charge on any atom is 0.394 e. The van der Waals surface area contributed by atoms with Crippen molar-refractivity contribution in [1.82, 2.24) is 19.4 Å². The number of aryl methyl sites for hydroxylation is 1. The van der Waals surface area contributed by atoms with E-state index < -0.39 is 17.3 Å². The summed E-state index contributed by atoms with van der Waals surface area (Å²) in [6.45, 7) is 7.44. The lowest BCUT2D eigenvalue weighted by Crippen LogP contribution is -2.76. The molecule has 0 N–H and O–H groups in total. The van der Waals surface area contributed by atoms with Gasteiger partial charge in [-0.1, -0.05) is 6.92 Å². The third kappa shape index (κ3) is 3.09. The van der Waals surface area contributed by atoms with E-state index in [4.69, 9.17) is 0 Å². The summed E-state index contributed by atoms with van der Waals surface area (Å²) in [7, 11) is 1.63. The van der Waals surface area contributed by atoms with Gasteiger partial charge in [-0.3, -0.25) is 9.47 Å². The fourth-order valence-corrected chi connectivity index (χ4v) is 6.89. The Labute approximate surface area is 196 Å². The van der Waals surface area contributed by atoms with Crippen molar-refractivity contribution < 1.29 is 13.2 Å². The highest BCUT2D eigenvalue weighted by atomic mass is 19.4. The van der Waals surface area contributed by atoms with Gasteiger partial charge in [0.1, 0.15) is 17.3 Å². The molecular weight excluding hydrogens is 445 g/mol. The van der Waals surface area contributed by atoms with Crippen LogP contribution in [-0.4, -0.2) is 56.8 Å². The van der Waals surface area contributed by atoms with Crippen molar-refractivity contribution >= 4 is 16.9 Å². The quantitative estimate of drug-likeness (QED) is 0.674. The molecule has 3 aliphatic carbocycles. The lowest BCUT2D eigenvalue weighted by Gasteiger charge is -2.74. The molecule has 6 rings (SSSR count). The van der Waals surface area contributed by atoms with Gasteiger partial charge >= 0.3 is 11.9 Å². The third-order valence-corrected chi connectivity index (χ3v) is 8.52. The van der Waals surface area contributed by atoms with Crippen molar-refractivity contribution in [2.24, 2.45) is 17.9 Å². The molecule has 2 aromatic rings. The monoisotopic (exact) mass is 474 g/mol. The highest BCUT2D eigenvalue weighted by Crippen LogP contribution is 2.80. The van der Waals surface area contributed by atoms with Crippen LogP contribution in [0.25, 0.3) is 11.0 Å². The molecule has 0 aromatic carbocycles. The highest BCUT2D eigenvalue weighted by Gasteiger charge is 2.80. The number of hydrogen-bond donors (Lipinski definition) is 0. The van der Waals surface area contributed by atoms with Crippen LogP contribution in [0.15, 0.2) is 16.9 Å². The molecule has 182 valence electrons. The van der Waals surface area contributed by atoms with Crippen LogP contribution in [0.5, 0.6) is 0 Å². The number of piperazine rings is 1. The number of halogens is 3. The zero-order valence-electron chi connectivity index (χ0n) is 19.9. The molecule has 2 aromatic heterocycles. The molecule has 1 aliphatic heterocycles. The molecule has 1 unspecified atom stereocenters. The number of hydrogen-bond acceptors (Lipinski definition) is 6. The van der Waals surface area contributed by atoms with Crippen LogP contribution in [-0.2, 0) is 7.05 Å². The number of nitriles is 1. The van der Waals surface area contributed by atoms with Crippen LogP contribution in [0.3, 0.4) is 0 Å². The predicted molar refractivity (Wildman–Crippen MR) is 121 cm³/mol. The van der Waals surface area contributed by atoms with E-state index in [2.05, 4.69) is 33.6 Å². The van der Waals surface area contributed by atoms with Gasteiger partial charge in [-0.15, -0.1) is 0 Å². The van der Waals surface area contributed by atoms with E-state index in [-0.39, 0.29) is 48.5 Å². The van der Waals surface area contributed by atoms with Gasteiger partial charge in [0.2, 0.25) is 0 Å². The van der Waals surface area contributed by atoms with Crippen molar-refractivity contribution in [3.8, 4) is 6.07 Å². The number of rotatable bonds is 4. The summed E-state index contributed by atoms with van der Waals surface area (Å²) in [6.07, 6.45) is -2.57. The molecule has 7 nitrogen and oxygen atoms in total. The molecule has 4 aliphatic rings. The molecule has 3 saturated carbocycles. The van der Waals surface area contributed by atoms with Gasteiger partial charge in [0.15, 0.2) is 5.82 Å². The largest absolute Gasteiger partial charge is 0.394 e. The second kappa shape index (κ2) is 7.41. The molecular formula is C24H29F3N6O. The summed E-state index contributed by atoms with van der Waals surface area (Å²) in [5.74, 6) is 0.462. The molecule has 0 radical (unpaired) electrons. The molecule has 2 bridgehead atoms. The van der Waals surface area contributed by atoms with E-state index >= 15 is 0 Å². The fourth-order valence-electron chi connectivity index (χ4n) is 6.89. The summed E-state index contributed by atoms with van der Waals surface area (Å²) < 4.78 is 41.7. The lowest BCUT2D eigenvalue weighted by atomic mass is 9.32. The Morgan fingerprint density at radius 1 is 1.18 bits per heavy atom. The van der Waals surface area contributed by atoms with Crippen molar-refractivity contribution in [1.29, 1.82) is 5.26 Å². The highest BCUT2D eigenvalue weighted by molar-refractivity contribution is 5.86. The molecule has 10 heteroatoms. The first-order valence-electron chi connectivity index (χ1n) is 11.8. The number of alkyl halides is 3. The number of anilines is 1. The second-order valence-corrected chi connectivity index (χ2v) is 10.6. The average Bonchev–Trinajstić information content (AvgIpc) is 2.72. The Hall–Kier alpha value is -2.67. The molecule has 3 atom stereocenters. The molecule has 34 heavy (non-hydrogen) atoms. The third-order valence-electron chi connectivity index (χ3n) is 8.52. The van der Waals surface area contributed by atoms with E-state index in [1.165, 1.54) is 4.57 Å². The van der Waals surface area contributed by atoms with Crippen LogP contribution in [0.4, 0.5) is 19.0 Å². The summed E-state index contributed by atoms with van der Waals surface area (Å²) in [6, 6.07) is 5.49. The second-order valence-electron chi connectivity index (χ2n) is 10.6. The van der Waals surface area contributed by atoms with Crippen molar-refractivity contribution in [3.63, 3.8) is 0 Å². The maximum atomic E-state index is 13.4. The maximum absolute atomic E-state index is 13.4.